The molecule has 0 atom stereocenters. The third kappa shape index (κ3) is 2.12. The molecule has 1 aliphatic carbocycles. The van der Waals surface area contributed by atoms with E-state index in [1.807, 2.05) is 0 Å². The Morgan fingerprint density at radius 3 is 2.08 bits per heavy atom. The zero-order valence-electron chi connectivity index (χ0n) is 9.01. The van der Waals surface area contributed by atoms with E-state index >= 15 is 0 Å². The first kappa shape index (κ1) is 10.7. The summed E-state index contributed by atoms with van der Waals surface area (Å²) in [7, 11) is 0. The average Bonchev–Trinajstić information content (AvgIpc) is 2.21. The van der Waals surface area contributed by atoms with Crippen molar-refractivity contribution in [3.05, 3.63) is 0 Å². The quantitative estimate of drug-likeness (QED) is 0.607. The molecule has 0 aromatic rings. The van der Waals surface area contributed by atoms with Crippen LogP contribution in [0, 0.1) is 11.3 Å². The van der Waals surface area contributed by atoms with Crippen LogP contribution in [-0.2, 0) is 4.79 Å². The molecule has 0 aromatic heterocycles. The fourth-order valence-electron chi connectivity index (χ4n) is 2.93. The molecule has 0 unspecified atom stereocenters. The predicted octanol–water partition coefficient (Wildman–Crippen LogP) is 3.57. The van der Waals surface area contributed by atoms with Crippen LogP contribution >= 0.6 is 0 Å². The van der Waals surface area contributed by atoms with Crippen LogP contribution in [0.1, 0.15) is 58.8 Å². The molecular weight excluding hydrogens is 160 g/mol. The van der Waals surface area contributed by atoms with Crippen molar-refractivity contribution in [2.75, 3.05) is 0 Å². The molecule has 1 nitrogen and oxygen atoms in total. The predicted molar refractivity (Wildman–Crippen MR) is 55.7 cm³/mol. The second kappa shape index (κ2) is 4.78. The van der Waals surface area contributed by atoms with E-state index in [9.17, 15) is 4.79 Å². The summed E-state index contributed by atoms with van der Waals surface area (Å²) in [5.74, 6) is 0.630. The van der Waals surface area contributed by atoms with Gasteiger partial charge in [-0.05, 0) is 18.8 Å². The highest BCUT2D eigenvalue weighted by Crippen LogP contribution is 2.43. The van der Waals surface area contributed by atoms with Crippen LogP contribution in [-0.4, -0.2) is 6.29 Å². The largest absolute Gasteiger partial charge is 0.303 e. The average molecular weight is 182 g/mol. The zero-order valence-corrected chi connectivity index (χ0v) is 9.01. The van der Waals surface area contributed by atoms with E-state index in [4.69, 9.17) is 0 Å². The maximum Gasteiger partial charge on any atom is 0.126 e. The lowest BCUT2D eigenvalue weighted by Crippen LogP contribution is -2.34. The second-order valence-corrected chi connectivity index (χ2v) is 4.43. The summed E-state index contributed by atoms with van der Waals surface area (Å²) in [4.78, 5) is 11.2. The molecule has 0 spiro atoms. The Bertz CT molecular complexity index is 153. The van der Waals surface area contributed by atoms with Crippen molar-refractivity contribution >= 4 is 6.29 Å². The molecule has 1 heteroatoms. The fraction of sp³-hybridized carbons (Fsp3) is 0.917. The summed E-state index contributed by atoms with van der Waals surface area (Å²) < 4.78 is 0. The van der Waals surface area contributed by atoms with Crippen molar-refractivity contribution in [2.24, 2.45) is 11.3 Å². The first-order valence-corrected chi connectivity index (χ1v) is 5.75. The smallest absolute Gasteiger partial charge is 0.126 e. The van der Waals surface area contributed by atoms with Crippen LogP contribution in [0.2, 0.25) is 0 Å². The minimum absolute atomic E-state index is 0.0573. The molecule has 0 heterocycles. The standard InChI is InChI=1S/C12H22O/c1-3-11(4-2)12(10-13)8-6-5-7-9-12/h10-11H,3-9H2,1-2H3. The maximum absolute atomic E-state index is 11.2. The number of rotatable bonds is 4. The maximum atomic E-state index is 11.2. The first-order valence-electron chi connectivity index (χ1n) is 5.75. The van der Waals surface area contributed by atoms with Gasteiger partial charge in [0.2, 0.25) is 0 Å². The van der Waals surface area contributed by atoms with E-state index in [1.54, 1.807) is 0 Å². The van der Waals surface area contributed by atoms with Gasteiger partial charge in [-0.1, -0.05) is 46.0 Å². The molecule has 1 saturated carbocycles. The van der Waals surface area contributed by atoms with Gasteiger partial charge in [0, 0.05) is 5.41 Å². The molecule has 0 radical (unpaired) electrons. The topological polar surface area (TPSA) is 17.1 Å². The Morgan fingerprint density at radius 2 is 1.69 bits per heavy atom. The van der Waals surface area contributed by atoms with Crippen LogP contribution in [0.25, 0.3) is 0 Å². The van der Waals surface area contributed by atoms with Gasteiger partial charge in [0.05, 0.1) is 0 Å². The molecule has 76 valence electrons. The third-order valence-corrected chi connectivity index (χ3v) is 3.82. The number of aldehydes is 1. The minimum atomic E-state index is 0.0573. The van der Waals surface area contributed by atoms with Crippen LogP contribution < -0.4 is 0 Å². The van der Waals surface area contributed by atoms with Crippen LogP contribution in [0.3, 0.4) is 0 Å². The van der Waals surface area contributed by atoms with Crippen molar-refractivity contribution in [2.45, 2.75) is 58.8 Å². The zero-order chi connectivity index (χ0) is 9.73. The van der Waals surface area contributed by atoms with Crippen molar-refractivity contribution in [3.8, 4) is 0 Å². The number of hydrogen-bond donors (Lipinski definition) is 0. The van der Waals surface area contributed by atoms with Gasteiger partial charge in [-0.2, -0.15) is 0 Å². The van der Waals surface area contributed by atoms with Crippen molar-refractivity contribution in [3.63, 3.8) is 0 Å². The molecule has 0 aromatic carbocycles. The lowest BCUT2D eigenvalue weighted by Gasteiger charge is -2.38. The molecular formula is C12H22O. The molecule has 13 heavy (non-hydrogen) atoms. The van der Waals surface area contributed by atoms with Gasteiger partial charge >= 0.3 is 0 Å². The lowest BCUT2D eigenvalue weighted by atomic mass is 9.65. The summed E-state index contributed by atoms with van der Waals surface area (Å²) in [6, 6.07) is 0. The summed E-state index contributed by atoms with van der Waals surface area (Å²) in [5.41, 5.74) is 0.0573. The fourth-order valence-corrected chi connectivity index (χ4v) is 2.93. The number of hydrogen-bond acceptors (Lipinski definition) is 1. The van der Waals surface area contributed by atoms with Crippen molar-refractivity contribution < 1.29 is 4.79 Å². The normalized spacial score (nSPS) is 21.8. The Hall–Kier alpha value is -0.330. The van der Waals surface area contributed by atoms with Gasteiger partial charge in [0.25, 0.3) is 0 Å². The van der Waals surface area contributed by atoms with E-state index in [1.165, 1.54) is 25.5 Å². The van der Waals surface area contributed by atoms with Crippen molar-refractivity contribution in [1.82, 2.24) is 0 Å². The molecule has 0 amide bonds. The van der Waals surface area contributed by atoms with Gasteiger partial charge in [-0.25, -0.2) is 0 Å². The van der Waals surface area contributed by atoms with Gasteiger partial charge in [-0.15, -0.1) is 0 Å². The van der Waals surface area contributed by atoms with E-state index in [0.717, 1.165) is 25.7 Å². The SMILES string of the molecule is CCC(CC)C1(C=O)CCCCC1. The van der Waals surface area contributed by atoms with E-state index in [2.05, 4.69) is 13.8 Å². The summed E-state index contributed by atoms with van der Waals surface area (Å²) in [6.45, 7) is 4.43. The molecule has 0 aliphatic heterocycles. The van der Waals surface area contributed by atoms with Gasteiger partial charge in [0.1, 0.15) is 6.29 Å². The second-order valence-electron chi connectivity index (χ2n) is 4.43. The number of carbonyl (C=O) groups excluding carboxylic acids is 1. The van der Waals surface area contributed by atoms with Gasteiger partial charge in [0.15, 0.2) is 0 Å². The molecule has 1 rings (SSSR count). The van der Waals surface area contributed by atoms with Crippen LogP contribution in [0.4, 0.5) is 0 Å². The summed E-state index contributed by atoms with van der Waals surface area (Å²) in [6.07, 6.45) is 9.72. The monoisotopic (exact) mass is 182 g/mol. The third-order valence-electron chi connectivity index (χ3n) is 3.82. The highest BCUT2D eigenvalue weighted by Gasteiger charge is 2.37. The number of carbonyl (C=O) groups is 1. The van der Waals surface area contributed by atoms with E-state index in [0.29, 0.717) is 5.92 Å². The molecule has 1 aliphatic rings. The minimum Gasteiger partial charge on any atom is -0.303 e. The summed E-state index contributed by atoms with van der Waals surface area (Å²) >= 11 is 0. The van der Waals surface area contributed by atoms with Crippen LogP contribution in [0.15, 0.2) is 0 Å². The van der Waals surface area contributed by atoms with Gasteiger partial charge in [-0.3, -0.25) is 0 Å². The Morgan fingerprint density at radius 1 is 1.15 bits per heavy atom. The summed E-state index contributed by atoms with van der Waals surface area (Å²) in [5, 5.41) is 0. The lowest BCUT2D eigenvalue weighted by molar-refractivity contribution is -0.121. The highest BCUT2D eigenvalue weighted by atomic mass is 16.1. The van der Waals surface area contributed by atoms with Crippen molar-refractivity contribution in [1.29, 1.82) is 0 Å². The van der Waals surface area contributed by atoms with Gasteiger partial charge < -0.3 is 4.79 Å². The first-order chi connectivity index (χ1) is 6.29. The molecule has 0 saturated heterocycles. The Labute approximate surface area is 81.9 Å². The molecule has 0 N–H and O–H groups in total. The van der Waals surface area contributed by atoms with E-state index < -0.39 is 0 Å². The molecule has 0 bridgehead atoms. The highest BCUT2D eigenvalue weighted by molar-refractivity contribution is 5.60. The molecule has 1 fully saturated rings. The Balaban J connectivity index is 2.70. The van der Waals surface area contributed by atoms with Crippen LogP contribution in [0.5, 0.6) is 0 Å². The Kier molecular flexibility index (Phi) is 3.95. The van der Waals surface area contributed by atoms with E-state index in [-0.39, 0.29) is 5.41 Å².